The zero-order valence-electron chi connectivity index (χ0n) is 16.2. The molecule has 28 heavy (non-hydrogen) atoms. The van der Waals surface area contributed by atoms with Crippen LogP contribution >= 0.6 is 11.3 Å². The first-order valence-electron chi connectivity index (χ1n) is 9.01. The maximum Gasteiger partial charge on any atom is 0.338 e. The van der Waals surface area contributed by atoms with Gasteiger partial charge in [0, 0.05) is 5.56 Å². The summed E-state index contributed by atoms with van der Waals surface area (Å²) in [6.07, 6.45) is -0.109. The van der Waals surface area contributed by atoms with Gasteiger partial charge in [-0.2, -0.15) is 0 Å². The van der Waals surface area contributed by atoms with Crippen molar-refractivity contribution in [1.29, 1.82) is 0 Å². The largest absolute Gasteiger partial charge is 0.491 e. The van der Waals surface area contributed by atoms with E-state index in [0.717, 1.165) is 4.70 Å². The Balaban J connectivity index is 1.73. The number of rotatable bonds is 6. The Morgan fingerprint density at radius 2 is 1.64 bits per heavy atom. The number of aromatic nitrogens is 1. The number of thiazole rings is 1. The number of hydrogen-bond acceptors (Lipinski definition) is 6. The van der Waals surface area contributed by atoms with Crippen molar-refractivity contribution >= 4 is 38.6 Å². The second-order valence-electron chi connectivity index (χ2n) is 6.80. The Bertz CT molecular complexity index is 993. The van der Waals surface area contributed by atoms with Crippen molar-refractivity contribution in [3.63, 3.8) is 0 Å². The lowest BCUT2D eigenvalue weighted by molar-refractivity contribution is 0.0378. The third-order valence-corrected chi connectivity index (χ3v) is 4.61. The summed E-state index contributed by atoms with van der Waals surface area (Å²) in [5.74, 6) is 0.0848. The predicted octanol–water partition coefficient (Wildman–Crippen LogP) is 4.90. The molecule has 2 aromatic carbocycles. The molecular weight excluding hydrogens is 376 g/mol. The summed E-state index contributed by atoms with van der Waals surface area (Å²) >= 11 is 1.31. The van der Waals surface area contributed by atoms with Gasteiger partial charge < -0.3 is 9.47 Å². The number of fused-ring (bicyclic) bond motifs is 1. The zero-order chi connectivity index (χ0) is 20.3. The van der Waals surface area contributed by atoms with E-state index in [9.17, 15) is 9.59 Å². The molecule has 0 atom stereocenters. The minimum atomic E-state index is -0.375. The van der Waals surface area contributed by atoms with E-state index in [1.807, 2.05) is 13.8 Å². The molecule has 0 saturated carbocycles. The van der Waals surface area contributed by atoms with Crippen LogP contribution in [0.4, 0.5) is 5.13 Å². The number of nitrogens with one attached hydrogen (secondary N) is 1. The van der Waals surface area contributed by atoms with Crippen molar-refractivity contribution in [3.05, 3.63) is 53.6 Å². The van der Waals surface area contributed by atoms with Gasteiger partial charge >= 0.3 is 5.97 Å². The first-order chi connectivity index (χ1) is 13.3. The first kappa shape index (κ1) is 19.8. The first-order valence-corrected chi connectivity index (χ1v) is 9.83. The zero-order valence-corrected chi connectivity index (χ0v) is 17.0. The van der Waals surface area contributed by atoms with Crippen LogP contribution in [0, 0.1) is 0 Å². The Labute approximate surface area is 167 Å². The molecule has 146 valence electrons. The summed E-state index contributed by atoms with van der Waals surface area (Å²) in [4.78, 5) is 28.9. The summed E-state index contributed by atoms with van der Waals surface area (Å²) in [7, 11) is 0. The highest BCUT2D eigenvalue weighted by molar-refractivity contribution is 7.22. The molecule has 1 amide bonds. The quantitative estimate of drug-likeness (QED) is 0.598. The Kier molecular flexibility index (Phi) is 5.94. The number of esters is 1. The molecule has 0 bridgehead atoms. The molecule has 0 aliphatic carbocycles. The van der Waals surface area contributed by atoms with Crippen molar-refractivity contribution in [1.82, 2.24) is 4.98 Å². The molecule has 0 spiro atoms. The lowest BCUT2D eigenvalue weighted by atomic mass is 10.2. The smallest absolute Gasteiger partial charge is 0.338 e. The molecule has 1 N–H and O–H groups in total. The highest BCUT2D eigenvalue weighted by Gasteiger charge is 2.14. The fraction of sp³-hybridized carbons (Fsp3) is 0.286. The maximum atomic E-state index is 12.5. The molecule has 0 unspecified atom stereocenters. The molecule has 0 aliphatic heterocycles. The topological polar surface area (TPSA) is 77.5 Å². The van der Waals surface area contributed by atoms with Crippen LogP contribution in [0.25, 0.3) is 10.2 Å². The normalized spacial score (nSPS) is 11.1. The van der Waals surface area contributed by atoms with Crippen LogP contribution in [0.2, 0.25) is 0 Å². The van der Waals surface area contributed by atoms with E-state index in [-0.39, 0.29) is 24.1 Å². The molecule has 0 aliphatic rings. The van der Waals surface area contributed by atoms with Crippen molar-refractivity contribution in [3.8, 4) is 5.75 Å². The summed E-state index contributed by atoms with van der Waals surface area (Å²) in [6, 6.07) is 12.1. The van der Waals surface area contributed by atoms with Crippen LogP contribution in [0.5, 0.6) is 5.75 Å². The monoisotopic (exact) mass is 398 g/mol. The van der Waals surface area contributed by atoms with Gasteiger partial charge in [-0.05, 0) is 70.2 Å². The number of carbonyl (C=O) groups is 2. The van der Waals surface area contributed by atoms with Crippen LogP contribution in [0.1, 0.15) is 48.4 Å². The third kappa shape index (κ3) is 4.86. The van der Waals surface area contributed by atoms with E-state index in [1.165, 1.54) is 11.3 Å². The molecule has 0 fully saturated rings. The van der Waals surface area contributed by atoms with Gasteiger partial charge in [0.2, 0.25) is 0 Å². The highest BCUT2D eigenvalue weighted by Crippen LogP contribution is 2.27. The van der Waals surface area contributed by atoms with Gasteiger partial charge in [-0.3, -0.25) is 10.1 Å². The molecule has 0 radical (unpaired) electrons. The Morgan fingerprint density at radius 1 is 0.964 bits per heavy atom. The summed E-state index contributed by atoms with van der Waals surface area (Å²) in [5.41, 5.74) is 1.68. The lowest BCUT2D eigenvalue weighted by Crippen LogP contribution is -2.12. The minimum Gasteiger partial charge on any atom is -0.491 e. The van der Waals surface area contributed by atoms with Gasteiger partial charge in [-0.1, -0.05) is 11.3 Å². The standard InChI is InChI=1S/C21H22N2O4S/c1-12(2)26-16-8-5-14(6-9-16)19(24)23-21-22-17-10-7-15(11-18(17)28-21)20(25)27-13(3)4/h5-13H,1-4H3,(H,22,23,24). The number of amides is 1. The third-order valence-electron chi connectivity index (χ3n) is 3.68. The fourth-order valence-corrected chi connectivity index (χ4v) is 3.41. The average molecular weight is 398 g/mol. The van der Waals surface area contributed by atoms with Crippen LogP contribution in [-0.4, -0.2) is 29.1 Å². The second kappa shape index (κ2) is 8.39. The Hall–Kier alpha value is -2.93. The van der Waals surface area contributed by atoms with E-state index >= 15 is 0 Å². The number of hydrogen-bond donors (Lipinski definition) is 1. The van der Waals surface area contributed by atoms with Gasteiger partial charge in [0.1, 0.15) is 5.75 Å². The van der Waals surface area contributed by atoms with E-state index in [0.29, 0.717) is 27.5 Å². The lowest BCUT2D eigenvalue weighted by Gasteiger charge is -2.09. The molecule has 1 aromatic heterocycles. The molecule has 3 aromatic rings. The summed E-state index contributed by atoms with van der Waals surface area (Å²) in [6.45, 7) is 7.50. The second-order valence-corrected chi connectivity index (χ2v) is 7.83. The number of nitrogens with zero attached hydrogens (tertiary/aromatic N) is 1. The minimum absolute atomic E-state index is 0.0742. The molecular formula is C21H22N2O4S. The van der Waals surface area contributed by atoms with Crippen LogP contribution < -0.4 is 10.1 Å². The van der Waals surface area contributed by atoms with Crippen LogP contribution in [0.15, 0.2) is 42.5 Å². The van der Waals surface area contributed by atoms with Gasteiger partial charge in [0.15, 0.2) is 5.13 Å². The maximum absolute atomic E-state index is 12.5. The van der Waals surface area contributed by atoms with Gasteiger partial charge in [-0.15, -0.1) is 0 Å². The molecule has 0 saturated heterocycles. The number of ether oxygens (including phenoxy) is 2. The summed E-state index contributed by atoms with van der Waals surface area (Å²) < 4.78 is 11.6. The molecule has 6 nitrogen and oxygen atoms in total. The predicted molar refractivity (Wildman–Crippen MR) is 110 cm³/mol. The molecule has 7 heteroatoms. The van der Waals surface area contributed by atoms with E-state index in [4.69, 9.17) is 9.47 Å². The van der Waals surface area contributed by atoms with Gasteiger partial charge in [0.05, 0.1) is 28.0 Å². The van der Waals surface area contributed by atoms with Crippen LogP contribution in [-0.2, 0) is 4.74 Å². The molecule has 1 heterocycles. The van der Waals surface area contributed by atoms with E-state index in [1.54, 1.807) is 56.3 Å². The highest BCUT2D eigenvalue weighted by atomic mass is 32.1. The fourth-order valence-electron chi connectivity index (χ4n) is 2.51. The number of carbonyl (C=O) groups excluding carboxylic acids is 2. The van der Waals surface area contributed by atoms with E-state index in [2.05, 4.69) is 10.3 Å². The van der Waals surface area contributed by atoms with Crippen molar-refractivity contribution in [2.45, 2.75) is 39.9 Å². The average Bonchev–Trinajstić information content (AvgIpc) is 3.02. The van der Waals surface area contributed by atoms with E-state index < -0.39 is 0 Å². The number of anilines is 1. The van der Waals surface area contributed by atoms with Crippen molar-refractivity contribution < 1.29 is 19.1 Å². The SMILES string of the molecule is CC(C)OC(=O)c1ccc2nc(NC(=O)c3ccc(OC(C)C)cc3)sc2c1. The van der Waals surface area contributed by atoms with Gasteiger partial charge in [0.25, 0.3) is 5.91 Å². The summed E-state index contributed by atoms with van der Waals surface area (Å²) in [5, 5.41) is 3.27. The number of benzene rings is 2. The molecule has 3 rings (SSSR count). The van der Waals surface area contributed by atoms with Crippen molar-refractivity contribution in [2.75, 3.05) is 5.32 Å². The Morgan fingerprint density at radius 3 is 2.29 bits per heavy atom. The van der Waals surface area contributed by atoms with Crippen molar-refractivity contribution in [2.24, 2.45) is 0 Å². The van der Waals surface area contributed by atoms with Crippen LogP contribution in [0.3, 0.4) is 0 Å². The van der Waals surface area contributed by atoms with Gasteiger partial charge in [-0.25, -0.2) is 9.78 Å².